The molecule has 2 aromatic heterocycles. The number of hydrogen-bond acceptors (Lipinski definition) is 4. The SMILES string of the molecule is CCSC1CCCC1NCc1c(C)nc2scc(C)n12. The molecule has 1 aliphatic rings. The van der Waals surface area contributed by atoms with E-state index in [1.165, 1.54) is 42.1 Å². The highest BCUT2D eigenvalue weighted by atomic mass is 32.2. The summed E-state index contributed by atoms with van der Waals surface area (Å²) in [5.41, 5.74) is 3.81. The lowest BCUT2D eigenvalue weighted by atomic mass is 10.2. The normalized spacial score (nSPS) is 22.9. The van der Waals surface area contributed by atoms with E-state index < -0.39 is 0 Å². The van der Waals surface area contributed by atoms with Gasteiger partial charge in [-0.3, -0.25) is 4.40 Å². The zero-order chi connectivity index (χ0) is 14.1. The number of imidazole rings is 1. The number of rotatable bonds is 5. The molecule has 0 spiro atoms. The fraction of sp³-hybridized carbons (Fsp3) is 0.667. The summed E-state index contributed by atoms with van der Waals surface area (Å²) in [7, 11) is 0. The third-order valence-corrected chi connectivity index (χ3v) is 6.46. The van der Waals surface area contributed by atoms with Gasteiger partial charge in [-0.05, 0) is 32.4 Å². The highest BCUT2D eigenvalue weighted by Crippen LogP contribution is 2.30. The molecule has 0 saturated heterocycles. The van der Waals surface area contributed by atoms with Gasteiger partial charge in [-0.15, -0.1) is 11.3 Å². The van der Waals surface area contributed by atoms with Gasteiger partial charge in [-0.1, -0.05) is 13.3 Å². The maximum absolute atomic E-state index is 4.67. The Labute approximate surface area is 129 Å². The number of nitrogens with zero attached hydrogens (tertiary/aromatic N) is 2. The minimum Gasteiger partial charge on any atom is -0.307 e. The van der Waals surface area contributed by atoms with Crippen molar-refractivity contribution in [3.05, 3.63) is 22.5 Å². The van der Waals surface area contributed by atoms with Crippen molar-refractivity contribution in [3.8, 4) is 0 Å². The molecule has 5 heteroatoms. The van der Waals surface area contributed by atoms with E-state index >= 15 is 0 Å². The van der Waals surface area contributed by atoms with E-state index in [4.69, 9.17) is 0 Å². The van der Waals surface area contributed by atoms with E-state index in [1.807, 2.05) is 0 Å². The minimum absolute atomic E-state index is 0.670. The number of thiazole rings is 1. The van der Waals surface area contributed by atoms with Gasteiger partial charge in [0.25, 0.3) is 0 Å². The summed E-state index contributed by atoms with van der Waals surface area (Å²) < 4.78 is 2.31. The molecule has 0 bridgehead atoms. The number of nitrogens with one attached hydrogen (secondary N) is 1. The molecule has 3 nitrogen and oxygen atoms in total. The number of thioether (sulfide) groups is 1. The standard InChI is InChI=1S/C15H23N3S2/c1-4-19-14-7-5-6-12(14)16-8-13-11(3)17-15-18(13)10(2)9-20-15/h9,12,14,16H,4-8H2,1-3H3. The monoisotopic (exact) mass is 309 g/mol. The average molecular weight is 310 g/mol. The molecule has 1 fully saturated rings. The molecule has 20 heavy (non-hydrogen) atoms. The molecule has 2 aromatic rings. The van der Waals surface area contributed by atoms with Crippen LogP contribution in [0.3, 0.4) is 0 Å². The average Bonchev–Trinajstić information content (AvgIpc) is 3.07. The van der Waals surface area contributed by atoms with E-state index in [1.54, 1.807) is 11.3 Å². The van der Waals surface area contributed by atoms with Crippen molar-refractivity contribution in [2.45, 2.75) is 57.9 Å². The molecular formula is C15H23N3S2. The van der Waals surface area contributed by atoms with E-state index in [-0.39, 0.29) is 0 Å². The van der Waals surface area contributed by atoms with Crippen molar-refractivity contribution in [1.82, 2.24) is 14.7 Å². The van der Waals surface area contributed by atoms with Crippen LogP contribution in [-0.2, 0) is 6.54 Å². The molecule has 2 unspecified atom stereocenters. The van der Waals surface area contributed by atoms with Crippen molar-refractivity contribution in [2.24, 2.45) is 0 Å². The summed E-state index contributed by atoms with van der Waals surface area (Å²) in [6.45, 7) is 7.50. The highest BCUT2D eigenvalue weighted by Gasteiger charge is 2.27. The molecule has 1 aliphatic carbocycles. The van der Waals surface area contributed by atoms with E-state index in [2.05, 4.69) is 52.6 Å². The molecule has 1 N–H and O–H groups in total. The summed E-state index contributed by atoms with van der Waals surface area (Å²) in [5.74, 6) is 1.22. The fourth-order valence-corrected chi connectivity index (χ4v) is 5.33. The smallest absolute Gasteiger partial charge is 0.194 e. The Morgan fingerprint density at radius 2 is 2.30 bits per heavy atom. The molecule has 0 aromatic carbocycles. The number of aromatic nitrogens is 2. The van der Waals surface area contributed by atoms with Crippen LogP contribution in [0.2, 0.25) is 0 Å². The second kappa shape index (κ2) is 6.08. The molecule has 110 valence electrons. The van der Waals surface area contributed by atoms with Gasteiger partial charge in [-0.2, -0.15) is 11.8 Å². The third kappa shape index (κ3) is 2.63. The summed E-state index contributed by atoms with van der Waals surface area (Å²) in [6.07, 6.45) is 4.06. The van der Waals surface area contributed by atoms with Crippen molar-refractivity contribution in [1.29, 1.82) is 0 Å². The Bertz CT molecular complexity index is 587. The predicted molar refractivity (Wildman–Crippen MR) is 88.9 cm³/mol. The first kappa shape index (κ1) is 14.4. The molecule has 1 saturated carbocycles. The molecule has 3 rings (SSSR count). The molecule has 0 amide bonds. The molecule has 0 aliphatic heterocycles. The van der Waals surface area contributed by atoms with Gasteiger partial charge in [-0.25, -0.2) is 4.98 Å². The van der Waals surface area contributed by atoms with Crippen LogP contribution >= 0.6 is 23.1 Å². The van der Waals surface area contributed by atoms with Crippen LogP contribution in [0, 0.1) is 13.8 Å². The Balaban J connectivity index is 1.73. The third-order valence-electron chi connectivity index (χ3n) is 4.19. The first-order chi connectivity index (χ1) is 9.70. The molecule has 0 radical (unpaired) electrons. The first-order valence-electron chi connectivity index (χ1n) is 7.47. The molecule has 2 heterocycles. The Hall–Kier alpha value is -0.520. The van der Waals surface area contributed by atoms with Crippen molar-refractivity contribution < 1.29 is 0 Å². The summed E-state index contributed by atoms with van der Waals surface area (Å²) in [4.78, 5) is 5.80. The van der Waals surface area contributed by atoms with Gasteiger partial charge in [0, 0.05) is 28.9 Å². The number of fused-ring (bicyclic) bond motifs is 1. The Morgan fingerprint density at radius 1 is 1.45 bits per heavy atom. The van der Waals surface area contributed by atoms with Crippen LogP contribution in [0.5, 0.6) is 0 Å². The van der Waals surface area contributed by atoms with Gasteiger partial charge < -0.3 is 5.32 Å². The number of hydrogen-bond donors (Lipinski definition) is 1. The van der Waals surface area contributed by atoms with Crippen LogP contribution in [0.25, 0.3) is 4.96 Å². The minimum atomic E-state index is 0.670. The Morgan fingerprint density at radius 3 is 3.10 bits per heavy atom. The van der Waals surface area contributed by atoms with Crippen molar-refractivity contribution in [2.75, 3.05) is 5.75 Å². The lowest BCUT2D eigenvalue weighted by Crippen LogP contribution is -2.34. The second-order valence-electron chi connectivity index (χ2n) is 5.55. The van der Waals surface area contributed by atoms with Crippen LogP contribution < -0.4 is 5.32 Å². The molecular weight excluding hydrogens is 286 g/mol. The van der Waals surface area contributed by atoms with Gasteiger partial charge >= 0.3 is 0 Å². The maximum atomic E-state index is 4.67. The van der Waals surface area contributed by atoms with Gasteiger partial charge in [0.2, 0.25) is 0 Å². The largest absolute Gasteiger partial charge is 0.307 e. The quantitative estimate of drug-likeness (QED) is 0.911. The zero-order valence-electron chi connectivity index (χ0n) is 12.5. The Kier molecular flexibility index (Phi) is 4.38. The maximum Gasteiger partial charge on any atom is 0.194 e. The molecule has 2 atom stereocenters. The topological polar surface area (TPSA) is 29.3 Å². The lowest BCUT2D eigenvalue weighted by molar-refractivity contribution is 0.524. The van der Waals surface area contributed by atoms with E-state index in [0.717, 1.165) is 16.8 Å². The van der Waals surface area contributed by atoms with E-state index in [0.29, 0.717) is 6.04 Å². The van der Waals surface area contributed by atoms with Crippen molar-refractivity contribution >= 4 is 28.1 Å². The van der Waals surface area contributed by atoms with Crippen LogP contribution in [0.1, 0.15) is 43.3 Å². The van der Waals surface area contributed by atoms with Crippen LogP contribution in [-0.4, -0.2) is 26.4 Å². The lowest BCUT2D eigenvalue weighted by Gasteiger charge is -2.20. The van der Waals surface area contributed by atoms with Gasteiger partial charge in [0.05, 0.1) is 11.4 Å². The second-order valence-corrected chi connectivity index (χ2v) is 7.90. The van der Waals surface area contributed by atoms with Gasteiger partial charge in [0.15, 0.2) is 4.96 Å². The number of aryl methyl sites for hydroxylation is 2. The summed E-state index contributed by atoms with van der Waals surface area (Å²) >= 11 is 3.85. The van der Waals surface area contributed by atoms with Crippen molar-refractivity contribution in [3.63, 3.8) is 0 Å². The van der Waals surface area contributed by atoms with Crippen LogP contribution in [0.4, 0.5) is 0 Å². The van der Waals surface area contributed by atoms with Gasteiger partial charge in [0.1, 0.15) is 0 Å². The predicted octanol–water partition coefficient (Wildman–Crippen LogP) is 3.78. The first-order valence-corrected chi connectivity index (χ1v) is 9.40. The zero-order valence-corrected chi connectivity index (χ0v) is 14.1. The van der Waals surface area contributed by atoms with Crippen LogP contribution in [0.15, 0.2) is 5.38 Å². The highest BCUT2D eigenvalue weighted by molar-refractivity contribution is 7.99. The summed E-state index contributed by atoms with van der Waals surface area (Å²) in [6, 6.07) is 0.670. The summed E-state index contributed by atoms with van der Waals surface area (Å²) in [5, 5.41) is 6.78. The van der Waals surface area contributed by atoms with E-state index in [9.17, 15) is 0 Å². The fourth-order valence-electron chi connectivity index (χ4n) is 3.18.